The van der Waals surface area contributed by atoms with Gasteiger partial charge in [-0.1, -0.05) is 19.9 Å². The van der Waals surface area contributed by atoms with Crippen LogP contribution in [0.3, 0.4) is 0 Å². The van der Waals surface area contributed by atoms with Crippen LogP contribution in [0.15, 0.2) is 33.5 Å². The number of hydrogen-bond donors (Lipinski definition) is 1. The molecule has 0 saturated heterocycles. The fourth-order valence-electron chi connectivity index (χ4n) is 2.41. The second-order valence-electron chi connectivity index (χ2n) is 6.35. The summed E-state index contributed by atoms with van der Waals surface area (Å²) in [5.41, 5.74) is 0.840. The fourth-order valence-corrected chi connectivity index (χ4v) is 2.93. The molecule has 132 valence electrons. The first-order valence-electron chi connectivity index (χ1n) is 7.14. The van der Waals surface area contributed by atoms with Crippen molar-refractivity contribution in [3.63, 3.8) is 0 Å². The van der Waals surface area contributed by atoms with Gasteiger partial charge in [-0.2, -0.15) is 17.6 Å². The predicted molar refractivity (Wildman–Crippen MR) is 90.7 cm³/mol. The largest absolute Gasteiger partial charge is 0.461 e. The molecule has 0 aliphatic heterocycles. The molecule has 0 fully saturated rings. The van der Waals surface area contributed by atoms with Gasteiger partial charge in [0.2, 0.25) is 0 Å². The van der Waals surface area contributed by atoms with Gasteiger partial charge in [-0.3, -0.25) is 4.79 Å². The highest BCUT2D eigenvalue weighted by atomic mass is 127. The fraction of sp³-hybridized carbons (Fsp3) is 0.438. The zero-order chi connectivity index (χ0) is 18.1. The number of alkyl halides is 4. The molecular weight excluding hydrogens is 441 g/mol. The molecule has 0 bridgehead atoms. The lowest BCUT2D eigenvalue weighted by molar-refractivity contribution is -0.253. The van der Waals surface area contributed by atoms with Crippen LogP contribution in [-0.4, -0.2) is 18.3 Å². The summed E-state index contributed by atoms with van der Waals surface area (Å²) < 4.78 is 55.0. The maximum atomic E-state index is 13.0. The van der Waals surface area contributed by atoms with Crippen molar-refractivity contribution < 1.29 is 27.1 Å². The number of rotatable bonds is 5. The lowest BCUT2D eigenvalue weighted by atomic mass is 9.79. The van der Waals surface area contributed by atoms with Crippen LogP contribution in [-0.2, 0) is 4.79 Å². The van der Waals surface area contributed by atoms with Crippen molar-refractivity contribution in [2.24, 2.45) is 5.41 Å². The minimum atomic E-state index is -4.56. The first-order valence-corrected chi connectivity index (χ1v) is 8.22. The van der Waals surface area contributed by atoms with Crippen LogP contribution >= 0.6 is 22.6 Å². The van der Waals surface area contributed by atoms with Crippen LogP contribution in [0.1, 0.15) is 26.7 Å². The molecule has 3 nitrogen and oxygen atoms in total. The van der Waals surface area contributed by atoms with E-state index in [9.17, 15) is 22.4 Å². The Morgan fingerprint density at radius 1 is 1.29 bits per heavy atom. The number of carbonyl (C=O) groups is 1. The minimum Gasteiger partial charge on any atom is -0.428 e. The standard InChI is InChI=1S/C16H16F4INO2/c1-15(2)7-11(13(21)12(23)8-15)22-9-4-3-5-10(6-9)24-16(19,20)14(17)18/h3-6,14,22H,7-8H2,1-2H3. The molecule has 0 radical (unpaired) electrons. The molecule has 0 aromatic heterocycles. The molecule has 8 heteroatoms. The molecule has 2 rings (SSSR count). The van der Waals surface area contributed by atoms with Crippen LogP contribution in [0.4, 0.5) is 23.2 Å². The van der Waals surface area contributed by atoms with E-state index in [0.717, 1.165) is 6.07 Å². The Bertz CT molecular complexity index is 674. The van der Waals surface area contributed by atoms with E-state index < -0.39 is 12.5 Å². The van der Waals surface area contributed by atoms with Crippen LogP contribution in [0.5, 0.6) is 5.75 Å². The van der Waals surface area contributed by atoms with E-state index in [2.05, 4.69) is 10.1 Å². The molecule has 1 aliphatic carbocycles. The van der Waals surface area contributed by atoms with Crippen molar-refractivity contribution in [3.05, 3.63) is 33.5 Å². The SMILES string of the molecule is CC1(C)CC(=O)C(I)=C(Nc2cccc(OC(F)(F)C(F)F)c2)C1. The quantitative estimate of drug-likeness (QED) is 0.478. The van der Waals surface area contributed by atoms with Gasteiger partial charge in [0.15, 0.2) is 5.78 Å². The number of allylic oxidation sites excluding steroid dienone is 2. The van der Waals surface area contributed by atoms with Crippen molar-refractivity contribution in [2.75, 3.05) is 5.32 Å². The monoisotopic (exact) mass is 457 g/mol. The number of nitrogens with one attached hydrogen (secondary N) is 1. The van der Waals surface area contributed by atoms with E-state index in [0.29, 0.717) is 27.8 Å². The molecule has 0 atom stereocenters. The van der Waals surface area contributed by atoms with Gasteiger partial charge in [0.25, 0.3) is 0 Å². The summed E-state index contributed by atoms with van der Waals surface area (Å²) in [6, 6.07) is 5.34. The third-order valence-corrected chi connectivity index (χ3v) is 4.69. The number of benzene rings is 1. The number of ketones is 1. The van der Waals surface area contributed by atoms with Crippen LogP contribution in [0.25, 0.3) is 0 Å². The van der Waals surface area contributed by atoms with Gasteiger partial charge in [0.05, 0.1) is 3.58 Å². The first-order chi connectivity index (χ1) is 11.0. The van der Waals surface area contributed by atoms with Crippen molar-refractivity contribution in [3.8, 4) is 5.75 Å². The molecule has 0 unspecified atom stereocenters. The van der Waals surface area contributed by atoms with E-state index in [4.69, 9.17) is 0 Å². The Morgan fingerprint density at radius 2 is 1.96 bits per heavy atom. The van der Waals surface area contributed by atoms with Crippen LogP contribution < -0.4 is 10.1 Å². The highest BCUT2D eigenvalue weighted by molar-refractivity contribution is 14.1. The Morgan fingerprint density at radius 3 is 2.58 bits per heavy atom. The molecule has 0 amide bonds. The number of ether oxygens (including phenoxy) is 1. The number of hydrogen-bond acceptors (Lipinski definition) is 3. The number of carbonyl (C=O) groups excluding carboxylic acids is 1. The van der Waals surface area contributed by atoms with Crippen LogP contribution in [0, 0.1) is 5.41 Å². The summed E-state index contributed by atoms with van der Waals surface area (Å²) in [6.45, 7) is 3.91. The van der Waals surface area contributed by atoms with Gasteiger partial charge < -0.3 is 10.1 Å². The predicted octanol–water partition coefficient (Wildman–Crippen LogP) is 5.37. The highest BCUT2D eigenvalue weighted by Crippen LogP contribution is 2.39. The van der Waals surface area contributed by atoms with Gasteiger partial charge in [-0.05, 0) is 46.6 Å². The third kappa shape index (κ3) is 4.61. The summed E-state index contributed by atoms with van der Waals surface area (Å²) in [7, 11) is 0. The van der Waals surface area contributed by atoms with Gasteiger partial charge >= 0.3 is 12.5 Å². The second kappa shape index (κ2) is 6.89. The number of halogens is 5. The maximum Gasteiger partial charge on any atom is 0.461 e. The van der Waals surface area contributed by atoms with Gasteiger partial charge in [-0.25, -0.2) is 0 Å². The minimum absolute atomic E-state index is 0.00554. The molecule has 0 saturated carbocycles. The lowest BCUT2D eigenvalue weighted by Gasteiger charge is -2.31. The summed E-state index contributed by atoms with van der Waals surface area (Å²) in [6.07, 6.45) is -7.44. The van der Waals surface area contributed by atoms with Crippen molar-refractivity contribution >= 4 is 34.1 Å². The van der Waals surface area contributed by atoms with E-state index >= 15 is 0 Å². The smallest absolute Gasteiger partial charge is 0.428 e. The second-order valence-corrected chi connectivity index (χ2v) is 7.43. The normalized spacial score (nSPS) is 18.1. The van der Waals surface area contributed by atoms with Gasteiger partial charge in [0.1, 0.15) is 5.75 Å². The van der Waals surface area contributed by atoms with E-state index in [-0.39, 0.29) is 16.9 Å². The Kier molecular flexibility index (Phi) is 5.46. The van der Waals surface area contributed by atoms with Crippen molar-refractivity contribution in [1.82, 2.24) is 0 Å². The molecule has 0 heterocycles. The van der Waals surface area contributed by atoms with Gasteiger partial charge in [-0.15, -0.1) is 0 Å². The average Bonchev–Trinajstić information content (AvgIpc) is 2.43. The van der Waals surface area contributed by atoms with Crippen LogP contribution in [0.2, 0.25) is 0 Å². The van der Waals surface area contributed by atoms with Gasteiger partial charge in [0, 0.05) is 23.9 Å². The summed E-state index contributed by atoms with van der Waals surface area (Å²) >= 11 is 1.94. The molecule has 1 aromatic carbocycles. The van der Waals surface area contributed by atoms with Crippen molar-refractivity contribution in [1.29, 1.82) is 0 Å². The molecule has 1 aliphatic rings. The van der Waals surface area contributed by atoms with Crippen molar-refractivity contribution in [2.45, 2.75) is 39.2 Å². The van der Waals surface area contributed by atoms with E-state index in [1.54, 1.807) is 6.07 Å². The maximum absolute atomic E-state index is 13.0. The Labute approximate surface area is 150 Å². The topological polar surface area (TPSA) is 38.3 Å². The zero-order valence-electron chi connectivity index (χ0n) is 13.0. The Balaban J connectivity index is 2.21. The first kappa shape index (κ1) is 19.0. The lowest BCUT2D eigenvalue weighted by Crippen LogP contribution is -2.33. The molecule has 0 spiro atoms. The zero-order valence-corrected chi connectivity index (χ0v) is 15.2. The summed E-state index contributed by atoms with van der Waals surface area (Å²) in [5, 5.41) is 3.01. The van der Waals surface area contributed by atoms with E-state index in [1.165, 1.54) is 12.1 Å². The number of anilines is 1. The summed E-state index contributed by atoms with van der Waals surface area (Å²) in [5.74, 6) is -0.381. The van der Waals surface area contributed by atoms with E-state index in [1.807, 2.05) is 36.4 Å². The molecule has 1 aromatic rings. The third-order valence-electron chi connectivity index (χ3n) is 3.44. The number of Topliss-reactive ketones (excluding diaryl/α,β-unsaturated/α-hetero) is 1. The highest BCUT2D eigenvalue weighted by Gasteiger charge is 2.44. The molecule has 24 heavy (non-hydrogen) atoms. The summed E-state index contributed by atoms with van der Waals surface area (Å²) in [4.78, 5) is 12.0. The molecular formula is C16H16F4INO2. The average molecular weight is 457 g/mol. The molecule has 1 N–H and O–H groups in total. The Hall–Kier alpha value is -1.32.